The standard InChI is InChI=1S/C28H28ClN3O/c1-28(2,22-6-4-13-30-18-22)27(33)32-15-11-19(12-16-32)25-24-10-9-23(29)17-21(24)8-7-20-5-3-14-31-26(20)25/h3-10,13-14,17-19,25H,11-12,15-16H2,1-2H3. The summed E-state index contributed by atoms with van der Waals surface area (Å²) in [6.45, 7) is 5.50. The van der Waals surface area contributed by atoms with Gasteiger partial charge in [0.1, 0.15) is 0 Å². The van der Waals surface area contributed by atoms with E-state index >= 15 is 0 Å². The van der Waals surface area contributed by atoms with Gasteiger partial charge in [-0.25, -0.2) is 0 Å². The molecule has 1 atom stereocenters. The Hall–Kier alpha value is -2.98. The number of benzene rings is 1. The normalized spacial score (nSPS) is 18.4. The maximum absolute atomic E-state index is 13.5. The van der Waals surface area contributed by atoms with Gasteiger partial charge in [0, 0.05) is 42.6 Å². The second-order valence-corrected chi connectivity index (χ2v) is 9.99. The fourth-order valence-electron chi connectivity index (χ4n) is 5.30. The smallest absolute Gasteiger partial charge is 0.232 e. The van der Waals surface area contributed by atoms with E-state index in [2.05, 4.69) is 29.3 Å². The summed E-state index contributed by atoms with van der Waals surface area (Å²) in [5.41, 5.74) is 5.07. The molecule has 1 aromatic carbocycles. The Kier molecular flexibility index (Phi) is 5.79. The molecule has 1 aliphatic carbocycles. The van der Waals surface area contributed by atoms with Gasteiger partial charge < -0.3 is 4.90 Å². The number of nitrogens with zero attached hydrogens (tertiary/aromatic N) is 3. The number of likely N-dealkylation sites (tertiary alicyclic amines) is 1. The zero-order valence-corrected chi connectivity index (χ0v) is 19.8. The molecule has 1 fully saturated rings. The Bertz CT molecular complexity index is 1200. The van der Waals surface area contributed by atoms with Gasteiger partial charge in [0.25, 0.3) is 0 Å². The number of aromatic nitrogens is 2. The Balaban J connectivity index is 1.40. The van der Waals surface area contributed by atoms with Crippen LogP contribution in [0, 0.1) is 5.92 Å². The lowest BCUT2D eigenvalue weighted by atomic mass is 9.75. The van der Waals surface area contributed by atoms with Crippen LogP contribution in [-0.2, 0) is 10.2 Å². The second kappa shape index (κ2) is 8.75. The summed E-state index contributed by atoms with van der Waals surface area (Å²) in [6.07, 6.45) is 11.6. The molecular formula is C28H28ClN3O. The van der Waals surface area contributed by atoms with Gasteiger partial charge in [0.15, 0.2) is 0 Å². The third-order valence-electron chi connectivity index (χ3n) is 7.21. The molecule has 0 saturated carbocycles. The number of carbonyl (C=O) groups excluding carboxylic acids is 1. The highest BCUT2D eigenvalue weighted by Crippen LogP contribution is 2.43. The molecule has 1 unspecified atom stereocenters. The zero-order chi connectivity index (χ0) is 23.0. The maximum atomic E-state index is 13.5. The fourth-order valence-corrected chi connectivity index (χ4v) is 5.48. The highest BCUT2D eigenvalue weighted by atomic mass is 35.5. The number of piperidine rings is 1. The molecule has 5 heteroatoms. The van der Waals surface area contributed by atoms with Gasteiger partial charge in [-0.15, -0.1) is 0 Å². The lowest BCUT2D eigenvalue weighted by Crippen LogP contribution is -2.47. The van der Waals surface area contributed by atoms with Crippen LogP contribution in [0.3, 0.4) is 0 Å². The minimum absolute atomic E-state index is 0.169. The van der Waals surface area contributed by atoms with E-state index in [4.69, 9.17) is 16.6 Å². The SMILES string of the molecule is CC(C)(C(=O)N1CCC(C2c3ccc(Cl)cc3C=Cc3cccnc32)CC1)c1cccnc1. The molecule has 0 spiro atoms. The summed E-state index contributed by atoms with van der Waals surface area (Å²) >= 11 is 6.32. The molecule has 0 bridgehead atoms. The quantitative estimate of drug-likeness (QED) is 0.487. The number of amides is 1. The van der Waals surface area contributed by atoms with Crippen molar-refractivity contribution in [1.82, 2.24) is 14.9 Å². The largest absolute Gasteiger partial charge is 0.342 e. The molecule has 168 valence electrons. The van der Waals surface area contributed by atoms with E-state index in [0.29, 0.717) is 5.92 Å². The number of pyridine rings is 2. The molecule has 4 nitrogen and oxygen atoms in total. The van der Waals surface area contributed by atoms with Crippen molar-refractivity contribution < 1.29 is 4.79 Å². The van der Waals surface area contributed by atoms with Crippen molar-refractivity contribution >= 4 is 29.7 Å². The summed E-state index contributed by atoms with van der Waals surface area (Å²) in [5, 5.41) is 0.745. The van der Waals surface area contributed by atoms with Crippen LogP contribution in [0.15, 0.2) is 61.1 Å². The highest BCUT2D eigenvalue weighted by molar-refractivity contribution is 6.30. The van der Waals surface area contributed by atoms with Crippen molar-refractivity contribution in [1.29, 1.82) is 0 Å². The topological polar surface area (TPSA) is 46.1 Å². The molecule has 33 heavy (non-hydrogen) atoms. The molecule has 2 aromatic heterocycles. The lowest BCUT2D eigenvalue weighted by Gasteiger charge is -2.39. The van der Waals surface area contributed by atoms with Crippen LogP contribution in [0.1, 0.15) is 60.6 Å². The highest BCUT2D eigenvalue weighted by Gasteiger charge is 2.38. The van der Waals surface area contributed by atoms with Crippen molar-refractivity contribution in [2.24, 2.45) is 5.92 Å². The molecule has 1 amide bonds. The number of halogens is 1. The van der Waals surface area contributed by atoms with Crippen molar-refractivity contribution in [2.75, 3.05) is 13.1 Å². The van der Waals surface area contributed by atoms with Gasteiger partial charge in [0.2, 0.25) is 5.91 Å². The fraction of sp³-hybridized carbons (Fsp3) is 0.321. The van der Waals surface area contributed by atoms with Crippen LogP contribution >= 0.6 is 11.6 Å². The van der Waals surface area contributed by atoms with Gasteiger partial charge in [-0.1, -0.05) is 42.0 Å². The molecule has 5 rings (SSSR count). The van der Waals surface area contributed by atoms with Gasteiger partial charge in [-0.05, 0) is 79.1 Å². The van der Waals surface area contributed by atoms with Crippen LogP contribution in [0.5, 0.6) is 0 Å². The van der Waals surface area contributed by atoms with E-state index in [-0.39, 0.29) is 11.8 Å². The molecule has 0 radical (unpaired) electrons. The number of hydrogen-bond donors (Lipinski definition) is 0. The number of fused-ring (bicyclic) bond motifs is 2. The summed E-state index contributed by atoms with van der Waals surface area (Å²) in [4.78, 5) is 24.5. The molecule has 1 saturated heterocycles. The molecule has 0 N–H and O–H groups in total. The third-order valence-corrected chi connectivity index (χ3v) is 7.44. The first-order chi connectivity index (χ1) is 15.9. The van der Waals surface area contributed by atoms with Crippen LogP contribution < -0.4 is 0 Å². The predicted molar refractivity (Wildman–Crippen MR) is 133 cm³/mol. The van der Waals surface area contributed by atoms with E-state index in [1.807, 2.05) is 55.3 Å². The van der Waals surface area contributed by atoms with Gasteiger partial charge >= 0.3 is 0 Å². The van der Waals surface area contributed by atoms with Crippen molar-refractivity contribution in [2.45, 2.75) is 38.0 Å². The first-order valence-electron chi connectivity index (χ1n) is 11.6. The average molecular weight is 458 g/mol. The minimum atomic E-state index is -0.592. The summed E-state index contributed by atoms with van der Waals surface area (Å²) in [7, 11) is 0. The molecule has 3 aromatic rings. The van der Waals surface area contributed by atoms with Gasteiger partial charge in [-0.2, -0.15) is 0 Å². The van der Waals surface area contributed by atoms with Crippen LogP contribution in [0.2, 0.25) is 5.02 Å². The lowest BCUT2D eigenvalue weighted by molar-refractivity contribution is -0.137. The molecule has 3 heterocycles. The minimum Gasteiger partial charge on any atom is -0.342 e. The first kappa shape index (κ1) is 21.8. The number of hydrogen-bond acceptors (Lipinski definition) is 3. The van der Waals surface area contributed by atoms with E-state index in [9.17, 15) is 4.79 Å². The van der Waals surface area contributed by atoms with Crippen LogP contribution in [-0.4, -0.2) is 33.9 Å². The summed E-state index contributed by atoms with van der Waals surface area (Å²) in [6, 6.07) is 14.2. The monoisotopic (exact) mass is 457 g/mol. The first-order valence-corrected chi connectivity index (χ1v) is 12.0. The molecular weight excluding hydrogens is 430 g/mol. The Morgan fingerprint density at radius 2 is 1.79 bits per heavy atom. The van der Waals surface area contributed by atoms with Gasteiger partial charge in [-0.3, -0.25) is 14.8 Å². The zero-order valence-electron chi connectivity index (χ0n) is 19.0. The predicted octanol–water partition coefficient (Wildman–Crippen LogP) is 5.96. The number of rotatable bonds is 3. The van der Waals surface area contributed by atoms with Crippen LogP contribution in [0.25, 0.3) is 12.2 Å². The van der Waals surface area contributed by atoms with E-state index in [1.54, 1.807) is 12.4 Å². The third kappa shape index (κ3) is 4.08. The summed E-state index contributed by atoms with van der Waals surface area (Å²) in [5.74, 6) is 0.762. The second-order valence-electron chi connectivity index (χ2n) is 9.56. The molecule has 1 aliphatic heterocycles. The van der Waals surface area contributed by atoms with Gasteiger partial charge in [0.05, 0.1) is 11.1 Å². The van der Waals surface area contributed by atoms with Crippen molar-refractivity contribution in [3.63, 3.8) is 0 Å². The average Bonchev–Trinajstić information content (AvgIpc) is 3.01. The molecule has 2 aliphatic rings. The number of carbonyl (C=O) groups is 1. The Morgan fingerprint density at radius 3 is 2.55 bits per heavy atom. The van der Waals surface area contributed by atoms with Crippen molar-refractivity contribution in [3.8, 4) is 0 Å². The maximum Gasteiger partial charge on any atom is 0.232 e. The summed E-state index contributed by atoms with van der Waals surface area (Å²) < 4.78 is 0. The van der Waals surface area contributed by atoms with Crippen molar-refractivity contribution in [3.05, 3.63) is 94.0 Å². The van der Waals surface area contributed by atoms with E-state index < -0.39 is 5.41 Å². The van der Waals surface area contributed by atoms with E-state index in [1.165, 1.54) is 5.56 Å². The van der Waals surface area contributed by atoms with E-state index in [0.717, 1.165) is 53.3 Å². The van der Waals surface area contributed by atoms with Crippen LogP contribution in [0.4, 0.5) is 0 Å². The Labute approximate surface area is 200 Å². The Morgan fingerprint density at radius 1 is 1.03 bits per heavy atom.